The van der Waals surface area contributed by atoms with Crippen LogP contribution in [0, 0.1) is 0 Å². The van der Waals surface area contributed by atoms with E-state index in [1.807, 2.05) is 48.5 Å². The van der Waals surface area contributed by atoms with Crippen LogP contribution in [0.25, 0.3) is 21.9 Å². The minimum atomic E-state index is -1.08. The highest BCUT2D eigenvalue weighted by molar-refractivity contribution is 5.99. The fraction of sp³-hybridized carbons (Fsp3) is 0.0690. The van der Waals surface area contributed by atoms with Crippen molar-refractivity contribution >= 4 is 33.7 Å². The molecule has 0 saturated carbocycles. The van der Waals surface area contributed by atoms with Gasteiger partial charge in [0.15, 0.2) is 5.78 Å². The third-order valence-corrected chi connectivity index (χ3v) is 4.91. The Hall–Kier alpha value is -4.55. The zero-order chi connectivity index (χ0) is 25.2. The van der Waals surface area contributed by atoms with E-state index in [9.17, 15) is 14.7 Å². The summed E-state index contributed by atoms with van der Waals surface area (Å²) in [5.74, 6) is -1.10. The molecule has 2 N–H and O–H groups in total. The number of carbonyl (C=O) groups excluding carboxylic acids is 1. The predicted molar refractivity (Wildman–Crippen MR) is 135 cm³/mol. The number of carboxylic acids is 1. The number of carboxylic acid groups (broad SMARTS) is 1. The second-order valence-corrected chi connectivity index (χ2v) is 7.49. The number of Topliss-reactive ketones (excluding diaryl/α,β-unsaturated/α-hetero) is 1. The number of aliphatic carboxylic acids is 1. The van der Waals surface area contributed by atoms with Gasteiger partial charge in [-0.3, -0.25) is 14.4 Å². The average molecular weight is 469 g/mol. The van der Waals surface area contributed by atoms with Crippen molar-refractivity contribution in [1.82, 2.24) is 0 Å². The van der Waals surface area contributed by atoms with Crippen molar-refractivity contribution in [3.05, 3.63) is 131 Å². The van der Waals surface area contributed by atoms with E-state index in [1.54, 1.807) is 60.7 Å². The molecule has 0 spiro atoms. The van der Waals surface area contributed by atoms with Gasteiger partial charge in [0.25, 0.3) is 5.97 Å². The van der Waals surface area contributed by atoms with E-state index in [0.717, 1.165) is 6.92 Å². The summed E-state index contributed by atoms with van der Waals surface area (Å²) in [6.45, 7) is 1.08. The van der Waals surface area contributed by atoms with Crippen LogP contribution in [0.2, 0.25) is 0 Å². The minimum absolute atomic E-state index is 0.0347. The largest absolute Gasteiger partial charge is 0.481 e. The normalized spacial score (nSPS) is 10.9. The number of hydrogen-bond acceptors (Lipinski definition) is 5. The third kappa shape index (κ3) is 6.72. The first-order valence-electron chi connectivity index (χ1n) is 10.8. The molecule has 0 fully saturated rings. The molecule has 0 saturated heterocycles. The van der Waals surface area contributed by atoms with Crippen LogP contribution in [0.15, 0.2) is 118 Å². The molecular formula is C29H24O6. The van der Waals surface area contributed by atoms with Crippen molar-refractivity contribution in [3.8, 4) is 0 Å². The van der Waals surface area contributed by atoms with Crippen molar-refractivity contribution in [2.75, 3.05) is 0 Å². The van der Waals surface area contributed by atoms with Crippen LogP contribution >= 0.6 is 0 Å². The van der Waals surface area contributed by atoms with Crippen LogP contribution in [0.1, 0.15) is 28.9 Å². The number of hydrogen-bond donors (Lipinski definition) is 2. The highest BCUT2D eigenvalue weighted by Gasteiger charge is 2.18. The van der Waals surface area contributed by atoms with Crippen molar-refractivity contribution in [2.45, 2.75) is 13.0 Å². The Morgan fingerprint density at radius 3 is 1.57 bits per heavy atom. The van der Waals surface area contributed by atoms with Gasteiger partial charge in [-0.25, -0.2) is 0 Å². The monoisotopic (exact) mass is 468 g/mol. The summed E-state index contributed by atoms with van der Waals surface area (Å²) in [5, 5.41) is 18.6. The van der Waals surface area contributed by atoms with E-state index >= 15 is 0 Å². The molecule has 0 radical (unpaired) electrons. The number of ketones is 1. The van der Waals surface area contributed by atoms with Gasteiger partial charge in [-0.15, -0.1) is 0 Å². The Bertz CT molecular complexity index is 1410. The zero-order valence-electron chi connectivity index (χ0n) is 19.0. The first kappa shape index (κ1) is 25.1. The quantitative estimate of drug-likeness (QED) is 0.262. The number of aliphatic hydroxyl groups is 1. The number of rotatable bonds is 3. The molecular weight excluding hydrogens is 444 g/mol. The predicted octanol–water partition coefficient (Wildman–Crippen LogP) is 5.64. The molecule has 35 heavy (non-hydrogen) atoms. The van der Waals surface area contributed by atoms with E-state index < -0.39 is 12.1 Å². The number of para-hydroxylation sites is 2. The molecule has 0 aliphatic heterocycles. The lowest BCUT2D eigenvalue weighted by Crippen LogP contribution is -2.11. The maximum atomic E-state index is 12.0. The molecule has 1 atom stereocenters. The Balaban J connectivity index is 0.000000170. The summed E-state index contributed by atoms with van der Waals surface area (Å²) in [7, 11) is 0. The lowest BCUT2D eigenvalue weighted by molar-refractivity contribution is -0.134. The molecule has 176 valence electrons. The fourth-order valence-corrected chi connectivity index (χ4v) is 3.30. The highest BCUT2D eigenvalue weighted by atomic mass is 16.4. The van der Waals surface area contributed by atoms with Crippen LogP contribution in [0.4, 0.5) is 0 Å². The maximum absolute atomic E-state index is 12.0. The van der Waals surface area contributed by atoms with Crippen LogP contribution in [-0.4, -0.2) is 22.0 Å². The molecule has 6 nitrogen and oxygen atoms in total. The Labute approximate surface area is 201 Å². The Morgan fingerprint density at radius 2 is 1.09 bits per heavy atom. The number of benzene rings is 4. The summed E-state index contributed by atoms with van der Waals surface area (Å²) in [5.41, 5.74) is 2.46. The lowest BCUT2D eigenvalue weighted by Gasteiger charge is -2.09. The van der Waals surface area contributed by atoms with Gasteiger partial charge >= 0.3 is 0 Å². The van der Waals surface area contributed by atoms with Gasteiger partial charge in [-0.2, -0.15) is 0 Å². The van der Waals surface area contributed by atoms with E-state index in [2.05, 4.69) is 0 Å². The van der Waals surface area contributed by atoms with E-state index in [-0.39, 0.29) is 11.2 Å². The summed E-state index contributed by atoms with van der Waals surface area (Å²) >= 11 is 0. The van der Waals surface area contributed by atoms with Crippen molar-refractivity contribution in [1.29, 1.82) is 0 Å². The topological polar surface area (TPSA) is 105 Å². The molecule has 1 heterocycles. The second kappa shape index (κ2) is 12.1. The maximum Gasteiger partial charge on any atom is 0.300 e. The molecule has 1 unspecified atom stereocenters. The molecule has 0 bridgehead atoms. The zero-order valence-corrected chi connectivity index (χ0v) is 19.0. The van der Waals surface area contributed by atoms with Gasteiger partial charge < -0.3 is 14.6 Å². The van der Waals surface area contributed by atoms with E-state index in [1.165, 1.54) is 0 Å². The number of carbonyl (C=O) groups is 2. The van der Waals surface area contributed by atoms with Gasteiger partial charge in [0, 0.05) is 12.5 Å². The smallest absolute Gasteiger partial charge is 0.300 e. The fourth-order valence-electron chi connectivity index (χ4n) is 3.30. The van der Waals surface area contributed by atoms with Crippen LogP contribution < -0.4 is 5.43 Å². The summed E-state index contributed by atoms with van der Waals surface area (Å²) in [4.78, 5) is 32.9. The standard InChI is InChI=1S/C14H12O2.C13H8O2.C2H4O2/c15-13(11-7-3-1-4-8-11)14(16)12-9-5-2-6-10-12;14-13-9-5-1-3-7-11(9)15-12-8-4-2-6-10(12)13;1-2(3)4/h1-10,13,15H;1-8H;1H3,(H,3,4). The number of aliphatic hydroxyl groups excluding tert-OH is 1. The molecule has 0 aliphatic rings. The molecule has 6 heteroatoms. The summed E-state index contributed by atoms with van der Waals surface area (Å²) in [6, 6.07) is 32.3. The van der Waals surface area contributed by atoms with Gasteiger partial charge in [0.2, 0.25) is 5.43 Å². The Kier molecular flexibility index (Phi) is 8.65. The van der Waals surface area contributed by atoms with Crippen LogP contribution in [0.3, 0.4) is 0 Å². The van der Waals surface area contributed by atoms with Gasteiger partial charge in [-0.05, 0) is 29.8 Å². The number of fused-ring (bicyclic) bond motifs is 2. The Morgan fingerprint density at radius 1 is 0.686 bits per heavy atom. The molecule has 5 rings (SSSR count). The first-order valence-corrected chi connectivity index (χ1v) is 10.8. The van der Waals surface area contributed by atoms with E-state index in [0.29, 0.717) is 33.1 Å². The third-order valence-electron chi connectivity index (χ3n) is 4.91. The molecule has 4 aromatic carbocycles. The van der Waals surface area contributed by atoms with Crippen LogP contribution in [0.5, 0.6) is 0 Å². The highest BCUT2D eigenvalue weighted by Crippen LogP contribution is 2.18. The molecule has 0 amide bonds. The summed E-state index contributed by atoms with van der Waals surface area (Å²) < 4.78 is 5.63. The second-order valence-electron chi connectivity index (χ2n) is 7.49. The van der Waals surface area contributed by atoms with Crippen molar-refractivity contribution in [3.63, 3.8) is 0 Å². The molecule has 1 aromatic heterocycles. The summed E-state index contributed by atoms with van der Waals surface area (Å²) in [6.07, 6.45) is -1.08. The molecule has 0 aliphatic carbocycles. The van der Waals surface area contributed by atoms with Crippen LogP contribution in [-0.2, 0) is 4.79 Å². The molecule has 5 aromatic rings. The lowest BCUT2D eigenvalue weighted by atomic mass is 10.0. The van der Waals surface area contributed by atoms with Gasteiger partial charge in [-0.1, -0.05) is 84.9 Å². The van der Waals surface area contributed by atoms with Crippen molar-refractivity contribution < 1.29 is 24.2 Å². The first-order chi connectivity index (χ1) is 16.9. The minimum Gasteiger partial charge on any atom is -0.481 e. The van der Waals surface area contributed by atoms with Crippen molar-refractivity contribution in [2.24, 2.45) is 0 Å². The van der Waals surface area contributed by atoms with Gasteiger partial charge in [0.1, 0.15) is 17.3 Å². The average Bonchev–Trinajstić information content (AvgIpc) is 2.89. The SMILES string of the molecule is CC(=O)O.O=C(c1ccccc1)C(O)c1ccccc1.O=c1c2ccccc2oc2ccccc12. The van der Waals surface area contributed by atoms with E-state index in [4.69, 9.17) is 14.3 Å². The van der Waals surface area contributed by atoms with Gasteiger partial charge in [0.05, 0.1) is 10.8 Å².